The monoisotopic (exact) mass is 432 g/mol. The predicted octanol–water partition coefficient (Wildman–Crippen LogP) is 3.02. The first-order valence-electron chi connectivity index (χ1n) is 9.87. The smallest absolute Gasteiger partial charge is 0.262 e. The van der Waals surface area contributed by atoms with Crippen molar-refractivity contribution in [1.82, 2.24) is 4.31 Å². The summed E-state index contributed by atoms with van der Waals surface area (Å²) in [5.41, 5.74) is 1.93. The average Bonchev–Trinajstić information content (AvgIpc) is 2.73. The molecule has 30 heavy (non-hydrogen) atoms. The SMILES string of the molecule is CC(C)(C)c1ccc(NC(=O)COc2ccc(S(=O)(=O)N3CCOCC3)cc2)cc1. The highest BCUT2D eigenvalue weighted by molar-refractivity contribution is 7.89. The molecular formula is C22H28N2O5S. The van der Waals surface area contributed by atoms with E-state index >= 15 is 0 Å². The zero-order valence-corrected chi connectivity index (χ0v) is 18.4. The molecule has 8 heteroatoms. The number of amides is 1. The van der Waals surface area contributed by atoms with Gasteiger partial charge in [0, 0.05) is 18.8 Å². The van der Waals surface area contributed by atoms with E-state index in [1.54, 1.807) is 12.1 Å². The number of carbonyl (C=O) groups excluding carboxylic acids is 1. The first-order chi connectivity index (χ1) is 14.2. The summed E-state index contributed by atoms with van der Waals surface area (Å²) in [7, 11) is -3.55. The number of anilines is 1. The molecule has 1 N–H and O–H groups in total. The van der Waals surface area contributed by atoms with Crippen LogP contribution in [0.2, 0.25) is 0 Å². The van der Waals surface area contributed by atoms with Crippen LogP contribution >= 0.6 is 0 Å². The highest BCUT2D eigenvalue weighted by atomic mass is 32.2. The third-order valence-electron chi connectivity index (χ3n) is 4.84. The van der Waals surface area contributed by atoms with E-state index in [2.05, 4.69) is 26.1 Å². The van der Waals surface area contributed by atoms with Crippen LogP contribution < -0.4 is 10.1 Å². The summed E-state index contributed by atoms with van der Waals surface area (Å²) in [5, 5.41) is 2.79. The molecule has 1 heterocycles. The van der Waals surface area contributed by atoms with Crippen molar-refractivity contribution in [2.24, 2.45) is 0 Å². The van der Waals surface area contributed by atoms with Gasteiger partial charge in [0.25, 0.3) is 5.91 Å². The molecule has 2 aromatic carbocycles. The summed E-state index contributed by atoms with van der Waals surface area (Å²) in [4.78, 5) is 12.3. The standard InChI is InChI=1S/C22H28N2O5S/c1-22(2,3)17-4-6-18(7-5-17)23-21(25)16-29-19-8-10-20(11-9-19)30(26,27)24-12-14-28-15-13-24/h4-11H,12-16H2,1-3H3,(H,23,25). The van der Waals surface area contributed by atoms with Crippen LogP contribution in [0.1, 0.15) is 26.3 Å². The molecule has 162 valence electrons. The second-order valence-corrected chi connectivity index (χ2v) is 10.1. The maximum Gasteiger partial charge on any atom is 0.262 e. The molecule has 1 saturated heterocycles. The van der Waals surface area contributed by atoms with Gasteiger partial charge < -0.3 is 14.8 Å². The summed E-state index contributed by atoms with van der Waals surface area (Å²) < 4.78 is 37.3. The number of sulfonamides is 1. The number of hydrogen-bond acceptors (Lipinski definition) is 5. The lowest BCUT2D eigenvalue weighted by atomic mass is 9.87. The van der Waals surface area contributed by atoms with Crippen molar-refractivity contribution in [2.75, 3.05) is 38.2 Å². The Balaban J connectivity index is 1.54. The zero-order chi connectivity index (χ0) is 21.8. The van der Waals surface area contributed by atoms with E-state index in [1.807, 2.05) is 24.3 Å². The van der Waals surface area contributed by atoms with Crippen LogP contribution in [0.15, 0.2) is 53.4 Å². The van der Waals surface area contributed by atoms with E-state index < -0.39 is 10.0 Å². The molecule has 3 rings (SSSR count). The maximum absolute atomic E-state index is 12.6. The van der Waals surface area contributed by atoms with Gasteiger partial charge in [-0.1, -0.05) is 32.9 Å². The molecule has 0 atom stereocenters. The Labute approximate surface area is 178 Å². The molecule has 0 saturated carbocycles. The number of morpholine rings is 1. The van der Waals surface area contributed by atoms with Gasteiger partial charge >= 0.3 is 0 Å². The van der Waals surface area contributed by atoms with Crippen molar-refractivity contribution in [3.8, 4) is 5.75 Å². The Bertz CT molecular complexity index is 958. The van der Waals surface area contributed by atoms with Crippen molar-refractivity contribution in [1.29, 1.82) is 0 Å². The fraction of sp³-hybridized carbons (Fsp3) is 0.409. The van der Waals surface area contributed by atoms with Gasteiger partial charge in [-0.05, 0) is 47.4 Å². The van der Waals surface area contributed by atoms with E-state index in [4.69, 9.17) is 9.47 Å². The Morgan fingerprint density at radius 2 is 1.63 bits per heavy atom. The Morgan fingerprint density at radius 3 is 2.20 bits per heavy atom. The van der Waals surface area contributed by atoms with Gasteiger partial charge in [-0.25, -0.2) is 8.42 Å². The second kappa shape index (κ2) is 9.16. The minimum Gasteiger partial charge on any atom is -0.484 e. The van der Waals surface area contributed by atoms with Gasteiger partial charge in [-0.2, -0.15) is 4.31 Å². The molecule has 7 nitrogen and oxygen atoms in total. The van der Waals surface area contributed by atoms with Crippen molar-refractivity contribution < 1.29 is 22.7 Å². The summed E-state index contributed by atoms with van der Waals surface area (Å²) in [6.45, 7) is 7.71. The molecule has 1 amide bonds. The minimum absolute atomic E-state index is 0.0487. The fourth-order valence-electron chi connectivity index (χ4n) is 3.04. The topological polar surface area (TPSA) is 84.9 Å². The number of rotatable bonds is 6. The highest BCUT2D eigenvalue weighted by Gasteiger charge is 2.26. The predicted molar refractivity (Wildman–Crippen MR) is 115 cm³/mol. The summed E-state index contributed by atoms with van der Waals surface area (Å²) in [6.07, 6.45) is 0. The summed E-state index contributed by atoms with van der Waals surface area (Å²) >= 11 is 0. The van der Waals surface area contributed by atoms with E-state index in [-0.39, 0.29) is 22.8 Å². The van der Waals surface area contributed by atoms with Crippen molar-refractivity contribution in [2.45, 2.75) is 31.1 Å². The normalized spacial score (nSPS) is 15.6. The molecule has 2 aromatic rings. The number of benzene rings is 2. The molecule has 1 aliphatic heterocycles. The van der Waals surface area contributed by atoms with E-state index in [9.17, 15) is 13.2 Å². The van der Waals surface area contributed by atoms with Gasteiger partial charge in [0.05, 0.1) is 18.1 Å². The molecule has 0 bridgehead atoms. The van der Waals surface area contributed by atoms with E-state index in [1.165, 1.54) is 22.0 Å². The van der Waals surface area contributed by atoms with Crippen LogP contribution in [0.4, 0.5) is 5.69 Å². The van der Waals surface area contributed by atoms with Crippen LogP contribution in [-0.4, -0.2) is 51.5 Å². The highest BCUT2D eigenvalue weighted by Crippen LogP contribution is 2.24. The average molecular weight is 433 g/mol. The Hall–Kier alpha value is -2.42. The van der Waals surface area contributed by atoms with Crippen LogP contribution in [-0.2, 0) is 25.0 Å². The van der Waals surface area contributed by atoms with Gasteiger partial charge in [0.15, 0.2) is 6.61 Å². The number of nitrogens with one attached hydrogen (secondary N) is 1. The zero-order valence-electron chi connectivity index (χ0n) is 17.6. The third-order valence-corrected chi connectivity index (χ3v) is 6.75. The van der Waals surface area contributed by atoms with Crippen LogP contribution in [0.5, 0.6) is 5.75 Å². The van der Waals surface area contributed by atoms with Gasteiger partial charge in [-0.3, -0.25) is 4.79 Å². The molecular weight excluding hydrogens is 404 g/mol. The van der Waals surface area contributed by atoms with E-state index in [0.29, 0.717) is 37.7 Å². The fourth-order valence-corrected chi connectivity index (χ4v) is 4.45. The van der Waals surface area contributed by atoms with Crippen molar-refractivity contribution in [3.05, 3.63) is 54.1 Å². The lowest BCUT2D eigenvalue weighted by Gasteiger charge is -2.26. The Morgan fingerprint density at radius 1 is 1.03 bits per heavy atom. The number of ether oxygens (including phenoxy) is 2. The molecule has 1 aliphatic rings. The summed E-state index contributed by atoms with van der Waals surface area (Å²) in [6, 6.07) is 13.8. The number of carbonyl (C=O) groups is 1. The van der Waals surface area contributed by atoms with Crippen LogP contribution in [0, 0.1) is 0 Å². The van der Waals surface area contributed by atoms with Crippen LogP contribution in [0.25, 0.3) is 0 Å². The van der Waals surface area contributed by atoms with Crippen LogP contribution in [0.3, 0.4) is 0 Å². The first-order valence-corrected chi connectivity index (χ1v) is 11.3. The minimum atomic E-state index is -3.55. The number of hydrogen-bond donors (Lipinski definition) is 1. The first kappa shape index (κ1) is 22.3. The van der Waals surface area contributed by atoms with Crippen molar-refractivity contribution >= 4 is 21.6 Å². The van der Waals surface area contributed by atoms with E-state index in [0.717, 1.165) is 0 Å². The molecule has 0 unspecified atom stereocenters. The quantitative estimate of drug-likeness (QED) is 0.759. The van der Waals surface area contributed by atoms with Gasteiger partial charge in [0.2, 0.25) is 10.0 Å². The Kier molecular flexibility index (Phi) is 6.80. The largest absolute Gasteiger partial charge is 0.484 e. The summed E-state index contributed by atoms with van der Waals surface area (Å²) in [5.74, 6) is 0.137. The van der Waals surface area contributed by atoms with Gasteiger partial charge in [-0.15, -0.1) is 0 Å². The molecule has 0 spiro atoms. The van der Waals surface area contributed by atoms with Gasteiger partial charge in [0.1, 0.15) is 5.75 Å². The molecule has 0 aliphatic carbocycles. The second-order valence-electron chi connectivity index (χ2n) is 8.15. The molecule has 1 fully saturated rings. The van der Waals surface area contributed by atoms with Crippen molar-refractivity contribution in [3.63, 3.8) is 0 Å². The number of nitrogens with zero attached hydrogens (tertiary/aromatic N) is 1. The lowest BCUT2D eigenvalue weighted by molar-refractivity contribution is -0.118. The molecule has 0 radical (unpaired) electrons. The maximum atomic E-state index is 12.6. The third kappa shape index (κ3) is 5.59. The molecule has 0 aromatic heterocycles. The lowest BCUT2D eigenvalue weighted by Crippen LogP contribution is -2.40.